The van der Waals surface area contributed by atoms with E-state index in [9.17, 15) is 4.79 Å². The summed E-state index contributed by atoms with van der Waals surface area (Å²) in [5, 5.41) is 8.40. The second kappa shape index (κ2) is 3.84. The van der Waals surface area contributed by atoms with Gasteiger partial charge < -0.3 is 9.52 Å². The molecular formula is C11H7NO3. The normalized spacial score (nSPS) is 9.60. The van der Waals surface area contributed by atoms with Crippen molar-refractivity contribution in [3.8, 4) is 11.8 Å². The van der Waals surface area contributed by atoms with Crippen molar-refractivity contribution in [1.29, 1.82) is 0 Å². The fourth-order valence-corrected chi connectivity index (χ4v) is 1.16. The van der Waals surface area contributed by atoms with Crippen molar-refractivity contribution in [2.45, 2.75) is 6.42 Å². The molecule has 2 rings (SSSR count). The summed E-state index contributed by atoms with van der Waals surface area (Å²) in [7, 11) is 0. The predicted molar refractivity (Wildman–Crippen MR) is 53.1 cm³/mol. The average molecular weight is 201 g/mol. The van der Waals surface area contributed by atoms with Crippen molar-refractivity contribution in [1.82, 2.24) is 4.98 Å². The van der Waals surface area contributed by atoms with Gasteiger partial charge in [-0.25, -0.2) is 4.98 Å². The third kappa shape index (κ3) is 2.15. The van der Waals surface area contributed by atoms with E-state index in [1.165, 1.54) is 6.39 Å². The van der Waals surface area contributed by atoms with E-state index >= 15 is 0 Å². The quantitative estimate of drug-likeness (QED) is 0.712. The van der Waals surface area contributed by atoms with Crippen LogP contribution in [0.2, 0.25) is 0 Å². The van der Waals surface area contributed by atoms with Gasteiger partial charge in [-0.2, -0.15) is 0 Å². The molecule has 1 aromatic carbocycles. The molecule has 2 aromatic rings. The molecule has 0 saturated carbocycles. The molecule has 0 atom stereocenters. The smallest absolute Gasteiger partial charge is 0.315 e. The van der Waals surface area contributed by atoms with E-state index < -0.39 is 5.97 Å². The summed E-state index contributed by atoms with van der Waals surface area (Å²) in [6.45, 7) is 0. The molecule has 15 heavy (non-hydrogen) atoms. The van der Waals surface area contributed by atoms with Crippen LogP contribution in [0.1, 0.15) is 12.0 Å². The largest absolute Gasteiger partial charge is 0.481 e. The Balaban J connectivity index is 2.27. The maximum Gasteiger partial charge on any atom is 0.315 e. The van der Waals surface area contributed by atoms with Crippen molar-refractivity contribution in [2.24, 2.45) is 0 Å². The van der Waals surface area contributed by atoms with E-state index in [0.29, 0.717) is 5.58 Å². The minimum absolute atomic E-state index is 0.156. The summed E-state index contributed by atoms with van der Waals surface area (Å²) < 4.78 is 5.06. The first kappa shape index (κ1) is 9.28. The number of carboxylic acid groups (broad SMARTS) is 1. The van der Waals surface area contributed by atoms with Gasteiger partial charge in [0.2, 0.25) is 0 Å². The number of rotatable bonds is 1. The van der Waals surface area contributed by atoms with Gasteiger partial charge in [0.15, 0.2) is 12.0 Å². The van der Waals surface area contributed by atoms with Crippen molar-refractivity contribution >= 4 is 17.1 Å². The molecule has 0 spiro atoms. The van der Waals surface area contributed by atoms with Gasteiger partial charge in [-0.1, -0.05) is 11.8 Å². The summed E-state index contributed by atoms with van der Waals surface area (Å²) in [6, 6.07) is 5.28. The third-order valence-corrected chi connectivity index (χ3v) is 1.80. The molecule has 0 fully saturated rings. The van der Waals surface area contributed by atoms with Gasteiger partial charge in [-0.3, -0.25) is 4.79 Å². The molecule has 0 unspecified atom stereocenters. The van der Waals surface area contributed by atoms with E-state index in [0.717, 1.165) is 11.1 Å². The molecule has 4 nitrogen and oxygen atoms in total. The van der Waals surface area contributed by atoms with Gasteiger partial charge in [-0.15, -0.1) is 0 Å². The Labute approximate surface area is 85.5 Å². The monoisotopic (exact) mass is 201 g/mol. The molecule has 1 heterocycles. The molecule has 0 saturated heterocycles. The number of hydrogen-bond acceptors (Lipinski definition) is 3. The first-order valence-electron chi connectivity index (χ1n) is 4.29. The number of aromatic nitrogens is 1. The molecule has 0 aliphatic heterocycles. The Morgan fingerprint density at radius 3 is 3.20 bits per heavy atom. The number of nitrogens with zero attached hydrogens (tertiary/aromatic N) is 1. The second-order valence-corrected chi connectivity index (χ2v) is 2.91. The van der Waals surface area contributed by atoms with Crippen LogP contribution in [-0.4, -0.2) is 16.1 Å². The standard InChI is InChI=1S/C11H7NO3/c13-11(14)3-1-2-8-4-5-10-9(6-8)12-7-15-10/h4-7H,3H2,(H,13,14). The zero-order chi connectivity index (χ0) is 10.7. The number of benzene rings is 1. The minimum Gasteiger partial charge on any atom is -0.481 e. The molecule has 0 radical (unpaired) electrons. The van der Waals surface area contributed by atoms with Gasteiger partial charge in [0.05, 0.1) is 0 Å². The van der Waals surface area contributed by atoms with Crippen molar-refractivity contribution in [3.63, 3.8) is 0 Å². The Kier molecular flexibility index (Phi) is 2.38. The minimum atomic E-state index is -0.926. The molecule has 74 valence electrons. The average Bonchev–Trinajstić information content (AvgIpc) is 2.64. The zero-order valence-electron chi connectivity index (χ0n) is 7.73. The van der Waals surface area contributed by atoms with Crippen LogP contribution in [0.3, 0.4) is 0 Å². The van der Waals surface area contributed by atoms with E-state index in [2.05, 4.69) is 16.8 Å². The summed E-state index contributed by atoms with van der Waals surface area (Å²) in [5.74, 6) is 4.37. The van der Waals surface area contributed by atoms with Gasteiger partial charge in [-0.05, 0) is 18.2 Å². The van der Waals surface area contributed by atoms with Gasteiger partial charge in [0.25, 0.3) is 0 Å². The van der Waals surface area contributed by atoms with Crippen molar-refractivity contribution in [2.75, 3.05) is 0 Å². The maximum atomic E-state index is 10.2. The lowest BCUT2D eigenvalue weighted by atomic mass is 10.2. The van der Waals surface area contributed by atoms with Crippen LogP contribution >= 0.6 is 0 Å². The lowest BCUT2D eigenvalue weighted by Gasteiger charge is -1.88. The zero-order valence-corrected chi connectivity index (χ0v) is 7.73. The maximum absolute atomic E-state index is 10.2. The van der Waals surface area contributed by atoms with Crippen molar-refractivity contribution in [3.05, 3.63) is 30.2 Å². The summed E-state index contributed by atoms with van der Waals surface area (Å²) in [5.41, 5.74) is 2.15. The van der Waals surface area contributed by atoms with Crippen LogP contribution in [0.5, 0.6) is 0 Å². The Morgan fingerprint density at radius 2 is 2.40 bits per heavy atom. The number of aliphatic carboxylic acids is 1. The summed E-state index contributed by atoms with van der Waals surface area (Å²) in [6.07, 6.45) is 1.20. The highest BCUT2D eigenvalue weighted by atomic mass is 16.4. The molecular weight excluding hydrogens is 194 g/mol. The SMILES string of the molecule is O=C(O)CC#Cc1ccc2ocnc2c1. The third-order valence-electron chi connectivity index (χ3n) is 1.80. The summed E-state index contributed by atoms with van der Waals surface area (Å²) >= 11 is 0. The van der Waals surface area contributed by atoms with Crippen LogP contribution in [-0.2, 0) is 4.79 Å². The number of fused-ring (bicyclic) bond motifs is 1. The predicted octanol–water partition coefficient (Wildman–Crippen LogP) is 1.65. The van der Waals surface area contributed by atoms with Crippen LogP contribution in [0.25, 0.3) is 11.1 Å². The van der Waals surface area contributed by atoms with E-state index in [1.54, 1.807) is 18.2 Å². The molecule has 0 aliphatic carbocycles. The fraction of sp³-hybridized carbons (Fsp3) is 0.0909. The second-order valence-electron chi connectivity index (χ2n) is 2.91. The van der Waals surface area contributed by atoms with E-state index in [4.69, 9.17) is 9.52 Å². The first-order chi connectivity index (χ1) is 7.25. The Morgan fingerprint density at radius 1 is 1.53 bits per heavy atom. The lowest BCUT2D eigenvalue weighted by molar-refractivity contribution is -0.135. The Hall–Kier alpha value is -2.28. The summed E-state index contributed by atoms with van der Waals surface area (Å²) in [4.78, 5) is 14.2. The van der Waals surface area contributed by atoms with E-state index in [1.807, 2.05) is 0 Å². The molecule has 1 aromatic heterocycles. The highest BCUT2D eigenvalue weighted by Gasteiger charge is 1.97. The number of carboxylic acids is 1. The van der Waals surface area contributed by atoms with Crippen LogP contribution < -0.4 is 0 Å². The first-order valence-corrected chi connectivity index (χ1v) is 4.29. The molecule has 4 heteroatoms. The topological polar surface area (TPSA) is 63.3 Å². The molecule has 0 bridgehead atoms. The van der Waals surface area contributed by atoms with Gasteiger partial charge >= 0.3 is 5.97 Å². The van der Waals surface area contributed by atoms with Crippen LogP contribution in [0.15, 0.2) is 29.0 Å². The number of carbonyl (C=O) groups is 1. The van der Waals surface area contributed by atoms with Crippen molar-refractivity contribution < 1.29 is 14.3 Å². The molecule has 0 aliphatic rings. The van der Waals surface area contributed by atoms with Crippen LogP contribution in [0, 0.1) is 11.8 Å². The highest BCUT2D eigenvalue weighted by Crippen LogP contribution is 2.13. The molecule has 1 N–H and O–H groups in total. The molecule has 0 amide bonds. The number of hydrogen-bond donors (Lipinski definition) is 1. The van der Waals surface area contributed by atoms with E-state index in [-0.39, 0.29) is 6.42 Å². The fourth-order valence-electron chi connectivity index (χ4n) is 1.16. The Bertz CT molecular complexity index is 560. The van der Waals surface area contributed by atoms with Gasteiger partial charge in [0.1, 0.15) is 11.9 Å². The van der Waals surface area contributed by atoms with Crippen LogP contribution in [0.4, 0.5) is 0 Å². The lowest BCUT2D eigenvalue weighted by Crippen LogP contribution is -1.90. The number of oxazole rings is 1. The highest BCUT2D eigenvalue weighted by molar-refractivity contribution is 5.74. The van der Waals surface area contributed by atoms with Gasteiger partial charge in [0, 0.05) is 5.56 Å².